The van der Waals surface area contributed by atoms with Crippen LogP contribution in [0, 0.1) is 0 Å². The Bertz CT molecular complexity index is 5540. The van der Waals surface area contributed by atoms with Crippen LogP contribution in [-0.4, -0.2) is 147 Å². The maximum Gasteiger partial charge on any atom is 0.303 e. The van der Waals surface area contributed by atoms with Crippen LogP contribution in [0.15, 0.2) is 157 Å². The van der Waals surface area contributed by atoms with E-state index >= 15 is 0 Å². The highest BCUT2D eigenvalue weighted by Gasteiger charge is 2.48. The van der Waals surface area contributed by atoms with Crippen molar-refractivity contribution in [3.63, 3.8) is 0 Å². The minimum atomic E-state index is -5.08. The van der Waals surface area contributed by atoms with Crippen molar-refractivity contribution in [2.45, 2.75) is 173 Å². The molecule has 0 aromatic heterocycles. The number of allylic oxidation sites excluding steroid dienone is 8. The summed E-state index contributed by atoms with van der Waals surface area (Å²) in [6.07, 6.45) is 14.5. The molecule has 0 saturated carbocycles. The fourth-order valence-electron chi connectivity index (χ4n) is 15.3. The second kappa shape index (κ2) is 28.5. The molecule has 6 aromatic rings. The van der Waals surface area contributed by atoms with Gasteiger partial charge < -0.3 is 20.2 Å². The molecule has 0 fully saturated rings. The summed E-state index contributed by atoms with van der Waals surface area (Å²) >= 11 is 0. The molecule has 10 rings (SSSR count). The summed E-state index contributed by atoms with van der Waals surface area (Å²) in [6.45, 7) is 18.7. The van der Waals surface area contributed by atoms with Crippen molar-refractivity contribution in [2.75, 3.05) is 41.7 Å². The number of carboxylic acid groups (broad SMARTS) is 1. The molecule has 0 radical (unpaired) electrons. The summed E-state index contributed by atoms with van der Waals surface area (Å²) in [4.78, 5) is 25.8. The first kappa shape index (κ1) is 78.7. The van der Waals surface area contributed by atoms with Crippen molar-refractivity contribution < 1.29 is 102 Å². The van der Waals surface area contributed by atoms with Gasteiger partial charge in [-0.15, -0.1) is 0 Å². The smallest absolute Gasteiger partial charge is 0.303 e. The highest BCUT2D eigenvalue weighted by molar-refractivity contribution is 7.87. The van der Waals surface area contributed by atoms with Gasteiger partial charge in [0.05, 0.1) is 31.3 Å². The minimum absolute atomic E-state index is 0.0111. The Kier molecular flexibility index (Phi) is 21.5. The Labute approximate surface area is 606 Å². The minimum Gasteiger partial charge on any atom is -0.481 e. The van der Waals surface area contributed by atoms with Gasteiger partial charge in [0.15, 0.2) is 11.4 Å². The highest BCUT2D eigenvalue weighted by atomic mass is 32.2. The van der Waals surface area contributed by atoms with Crippen LogP contribution in [0.2, 0.25) is 0 Å². The van der Waals surface area contributed by atoms with Gasteiger partial charge in [0, 0.05) is 119 Å². The van der Waals surface area contributed by atoms with Crippen LogP contribution < -0.4 is 15.1 Å². The summed E-state index contributed by atoms with van der Waals surface area (Å²) in [7, 11) is -29.0. The number of nitrogens with zero attached hydrogens (tertiary/aromatic N) is 4. The van der Waals surface area contributed by atoms with Crippen LogP contribution in [0.25, 0.3) is 21.5 Å². The summed E-state index contributed by atoms with van der Waals surface area (Å²) in [5, 5.41) is 12.5. The van der Waals surface area contributed by atoms with E-state index in [0.717, 1.165) is 46.0 Å². The molecule has 4 aliphatic heterocycles. The molecule has 0 atom stereocenters. The molecule has 558 valence electrons. The van der Waals surface area contributed by atoms with Gasteiger partial charge in [-0.2, -0.15) is 59.7 Å². The number of hydrogen-bond acceptors (Lipinski definition) is 16. The number of anilines is 2. The Balaban J connectivity index is 0.888. The second-order valence-electron chi connectivity index (χ2n) is 28.6. The van der Waals surface area contributed by atoms with Crippen molar-refractivity contribution in [1.82, 2.24) is 5.32 Å². The van der Waals surface area contributed by atoms with E-state index in [1.807, 2.05) is 125 Å². The zero-order valence-electron chi connectivity index (χ0n) is 58.7. The Morgan fingerprint density at radius 1 is 0.471 bits per heavy atom. The van der Waals surface area contributed by atoms with E-state index in [1.54, 1.807) is 24.3 Å². The largest absolute Gasteiger partial charge is 0.481 e. The molecular formula is C72H85N5O21S6+2. The molecule has 104 heavy (non-hydrogen) atoms. The number of carbonyl (C=O) groups is 2. The molecule has 6 aromatic carbocycles. The lowest BCUT2D eigenvalue weighted by atomic mass is 9.78. The topological polar surface area (TPSA) is 405 Å². The predicted molar refractivity (Wildman–Crippen MR) is 394 cm³/mol. The quantitative estimate of drug-likeness (QED) is 0.0128. The maximum atomic E-state index is 13.7. The van der Waals surface area contributed by atoms with E-state index in [2.05, 4.69) is 10.2 Å². The first-order chi connectivity index (χ1) is 48.1. The van der Waals surface area contributed by atoms with Crippen LogP contribution in [0.3, 0.4) is 0 Å². The third-order valence-corrected chi connectivity index (χ3v) is 25.3. The monoisotopic (exact) mass is 1550 g/mol. The molecule has 1 amide bonds. The van der Waals surface area contributed by atoms with Crippen molar-refractivity contribution >= 4 is 128 Å². The number of unbranched alkanes of at least 4 members (excludes halogenated alkanes) is 4. The molecule has 0 aliphatic carbocycles. The first-order valence-corrected chi connectivity index (χ1v) is 42.4. The molecule has 32 heteroatoms. The van der Waals surface area contributed by atoms with Gasteiger partial charge in [-0.3, -0.25) is 36.9 Å². The van der Waals surface area contributed by atoms with E-state index in [1.165, 1.54) is 24.3 Å². The van der Waals surface area contributed by atoms with Crippen LogP contribution in [0.4, 0.5) is 22.7 Å². The summed E-state index contributed by atoms with van der Waals surface area (Å²) in [5.41, 5.74) is 5.25. The fourth-order valence-corrected chi connectivity index (χ4v) is 19.0. The van der Waals surface area contributed by atoms with E-state index in [4.69, 9.17) is 0 Å². The van der Waals surface area contributed by atoms with Crippen LogP contribution >= 0.6 is 0 Å². The first-order valence-electron chi connectivity index (χ1n) is 33.6. The zero-order chi connectivity index (χ0) is 76.6. The average molecular weight is 1550 g/mol. The number of carbonyl (C=O) groups excluding carboxylic acids is 1. The molecular weight excluding hydrogens is 1460 g/mol. The predicted octanol–water partition coefficient (Wildman–Crippen LogP) is 11.3. The number of carboxylic acids is 1. The Morgan fingerprint density at radius 3 is 1.50 bits per heavy atom. The van der Waals surface area contributed by atoms with Crippen LogP contribution in [-0.2, 0) is 98.5 Å². The summed E-state index contributed by atoms with van der Waals surface area (Å²) < 4.78 is 215. The number of aliphatic carboxylic acids is 1. The lowest BCUT2D eigenvalue weighted by Crippen LogP contribution is -2.29. The average Bonchev–Trinajstić information content (AvgIpc) is 1.60. The van der Waals surface area contributed by atoms with E-state index < -0.39 is 114 Å². The SMILES string of the molecule is CC[N+]1=C(/C=C/C=C2/N(CCCCCC(=O)NCc3ccc4c(c3)C(C)(C)C(/C=C/C=C3/N(CCCCCC(=O)O)c5ccc(S(=O)(=O)O)cc5C3(C)C)=[N+]4CCCS(=O)(=O)O)c3ccc4c(S(=O)(=O)O)cc(S(=O)(=O)O)cc4c3C2(C)C)C(C)(C)c2c1ccc1c(S(=O)(=O)O)cc(S(=O)(=O)O)cc21. The molecule has 0 spiro atoms. The summed E-state index contributed by atoms with van der Waals surface area (Å²) in [5.74, 6) is -1.63. The lowest BCUT2D eigenvalue weighted by molar-refractivity contribution is -0.437. The molecule has 4 heterocycles. The van der Waals surface area contributed by atoms with Gasteiger partial charge in [-0.1, -0.05) is 64.8 Å². The molecule has 4 aliphatic rings. The highest BCUT2D eigenvalue weighted by Crippen LogP contribution is 2.54. The third-order valence-electron chi connectivity index (χ3n) is 20.2. The van der Waals surface area contributed by atoms with Crippen molar-refractivity contribution in [3.05, 3.63) is 161 Å². The second-order valence-corrected chi connectivity index (χ2v) is 37.2. The van der Waals surface area contributed by atoms with Crippen molar-refractivity contribution in [1.29, 1.82) is 0 Å². The molecule has 26 nitrogen and oxygen atoms in total. The molecule has 8 N–H and O–H groups in total. The van der Waals surface area contributed by atoms with Gasteiger partial charge in [0.25, 0.3) is 60.7 Å². The standard InChI is InChI=1S/C72H83N5O21S6/c1-10-74-57-32-28-49-51(39-47(101(87,88)89)42-59(49)103(93,94)95)67(57)71(6,7)63(74)22-18-23-64-72(8,9)68-52-40-48(102(90,91)92)43-60(104(96,97)98)50(52)29-33-58(68)77(64)35-15-11-13-24-65(78)73-44-45-26-30-55-53(38-45)69(2,3)61(76(55)36-19-37-99(81,82)83)20-17-21-62-70(4,5)54-41-46(100(84,85)86)27-31-56(54)75(62)34-16-12-14-25-66(79)80/h17-18,20-23,26-33,38-43H,10-16,19,24-25,34-37,44H2,1-9H3,(H6-2,73,78,79,80,81,82,83,84,85,86,87,88,89,90,91,92,93,94,95,96,97,98)/p+2. The molecule has 0 bridgehead atoms. The van der Waals surface area contributed by atoms with Crippen LogP contribution in [0.5, 0.6) is 0 Å². The van der Waals surface area contributed by atoms with Crippen molar-refractivity contribution in [2.24, 2.45) is 0 Å². The number of amides is 1. The van der Waals surface area contributed by atoms with Crippen LogP contribution in [0.1, 0.15) is 148 Å². The van der Waals surface area contributed by atoms with Gasteiger partial charge in [0.2, 0.25) is 17.3 Å². The van der Waals surface area contributed by atoms with Gasteiger partial charge in [-0.05, 0) is 161 Å². The number of rotatable bonds is 28. The Morgan fingerprint density at radius 2 is 0.971 bits per heavy atom. The van der Waals surface area contributed by atoms with E-state index in [0.29, 0.717) is 110 Å². The van der Waals surface area contributed by atoms with Gasteiger partial charge in [-0.25, -0.2) is 0 Å². The van der Waals surface area contributed by atoms with Gasteiger partial charge >= 0.3 is 5.97 Å². The summed E-state index contributed by atoms with van der Waals surface area (Å²) in [6, 6.07) is 20.1. The normalized spacial score (nSPS) is 17.9. The number of hydrogen-bond donors (Lipinski definition) is 8. The molecule has 0 saturated heterocycles. The maximum absolute atomic E-state index is 13.7. The van der Waals surface area contributed by atoms with E-state index in [-0.39, 0.29) is 64.7 Å². The number of nitrogens with one attached hydrogen (secondary N) is 1. The van der Waals surface area contributed by atoms with Gasteiger partial charge in [0.1, 0.15) is 22.9 Å². The molecule has 0 unspecified atom stereocenters. The fraction of sp³-hybridized carbons (Fsp3) is 0.389. The Hall–Kier alpha value is -7.86. The third kappa shape index (κ3) is 15.7. The van der Waals surface area contributed by atoms with Crippen molar-refractivity contribution in [3.8, 4) is 0 Å². The van der Waals surface area contributed by atoms with E-state index in [9.17, 15) is 92.5 Å². The number of fused-ring (bicyclic) bond motifs is 8. The lowest BCUT2D eigenvalue weighted by Gasteiger charge is -2.27. The number of benzene rings is 6. The zero-order valence-corrected chi connectivity index (χ0v) is 63.6.